The number of aliphatic hydroxyl groups excluding tert-OH is 1. The molecule has 21 heavy (non-hydrogen) atoms. The van der Waals surface area contributed by atoms with Gasteiger partial charge >= 0.3 is 5.97 Å². The first-order valence-electron chi connectivity index (χ1n) is 7.26. The highest BCUT2D eigenvalue weighted by Gasteiger charge is 2.53. The van der Waals surface area contributed by atoms with E-state index < -0.39 is 12.0 Å². The third kappa shape index (κ3) is 2.34. The molecule has 3 rings (SSSR count). The molecular weight excluding hydrogens is 273 g/mol. The molecule has 2 saturated heterocycles. The maximum atomic E-state index is 13.1. The third-order valence-electron chi connectivity index (χ3n) is 5.05. The number of hydrogen-bond acceptors (Lipinski definition) is 4. The van der Waals surface area contributed by atoms with E-state index in [2.05, 4.69) is 4.90 Å². The molecule has 114 valence electrons. The fourth-order valence-corrected chi connectivity index (χ4v) is 4.03. The summed E-state index contributed by atoms with van der Waals surface area (Å²) in [6.07, 6.45) is 0.927. The van der Waals surface area contributed by atoms with Crippen LogP contribution in [-0.2, 0) is 9.53 Å². The molecule has 0 aromatic heterocycles. The van der Waals surface area contributed by atoms with Crippen LogP contribution in [0, 0.1) is 11.7 Å². The van der Waals surface area contributed by atoms with Crippen molar-refractivity contribution in [2.75, 3.05) is 14.2 Å². The number of ether oxygens (including phenoxy) is 1. The topological polar surface area (TPSA) is 49.8 Å². The summed E-state index contributed by atoms with van der Waals surface area (Å²) in [6, 6.07) is 6.31. The average molecular weight is 293 g/mol. The molecular formula is C16H20FNO3. The van der Waals surface area contributed by atoms with E-state index in [-0.39, 0.29) is 29.8 Å². The van der Waals surface area contributed by atoms with Crippen molar-refractivity contribution in [1.29, 1.82) is 0 Å². The highest BCUT2D eigenvalue weighted by Crippen LogP contribution is 2.46. The number of rotatable bonds is 2. The predicted molar refractivity (Wildman–Crippen MR) is 75.2 cm³/mol. The van der Waals surface area contributed by atoms with E-state index in [1.807, 2.05) is 7.05 Å². The maximum absolute atomic E-state index is 13.1. The van der Waals surface area contributed by atoms with Gasteiger partial charge in [0.15, 0.2) is 0 Å². The number of carbonyl (C=O) groups is 1. The van der Waals surface area contributed by atoms with E-state index in [4.69, 9.17) is 4.74 Å². The monoisotopic (exact) mass is 293 g/mol. The molecule has 0 aliphatic carbocycles. The number of benzene rings is 1. The van der Waals surface area contributed by atoms with E-state index in [9.17, 15) is 14.3 Å². The average Bonchev–Trinajstić information content (AvgIpc) is 2.66. The molecule has 0 saturated carbocycles. The number of likely N-dealkylation sites (N-methyl/N-ethyl adjacent to an activating group) is 1. The first kappa shape index (κ1) is 14.5. The Balaban J connectivity index is 1.98. The van der Waals surface area contributed by atoms with Gasteiger partial charge in [0.25, 0.3) is 0 Å². The molecule has 0 spiro atoms. The number of piperidine rings is 1. The first-order chi connectivity index (χ1) is 10.0. The second-order valence-corrected chi connectivity index (χ2v) is 6.06. The van der Waals surface area contributed by atoms with Gasteiger partial charge in [-0.25, -0.2) is 4.39 Å². The third-order valence-corrected chi connectivity index (χ3v) is 5.05. The maximum Gasteiger partial charge on any atom is 0.310 e. The Bertz CT molecular complexity index is 533. The van der Waals surface area contributed by atoms with Gasteiger partial charge in [0.2, 0.25) is 0 Å². The van der Waals surface area contributed by atoms with Gasteiger partial charge in [0.05, 0.1) is 19.1 Å². The minimum atomic E-state index is -0.519. The lowest BCUT2D eigenvalue weighted by Gasteiger charge is -2.42. The van der Waals surface area contributed by atoms with Gasteiger partial charge in [-0.3, -0.25) is 9.69 Å². The van der Waals surface area contributed by atoms with E-state index in [1.165, 1.54) is 19.2 Å². The molecule has 1 aromatic carbocycles. The summed E-state index contributed by atoms with van der Waals surface area (Å²) in [5.41, 5.74) is 0.934. The molecule has 5 atom stereocenters. The minimum Gasteiger partial charge on any atom is -0.469 e. The number of methoxy groups -OCH3 is 1. The van der Waals surface area contributed by atoms with Crippen LogP contribution in [0.3, 0.4) is 0 Å². The molecule has 2 unspecified atom stereocenters. The van der Waals surface area contributed by atoms with Crippen LogP contribution in [0.5, 0.6) is 0 Å². The SMILES string of the molecule is COC(=O)[C@@H]1C2[C@H](O)CC(C[C@H]1c1ccc(F)cc1)N2C. The van der Waals surface area contributed by atoms with Crippen LogP contribution in [-0.4, -0.2) is 48.3 Å². The molecule has 2 aliphatic rings. The molecule has 4 nitrogen and oxygen atoms in total. The summed E-state index contributed by atoms with van der Waals surface area (Å²) in [5.74, 6) is -1.05. The number of fused-ring (bicyclic) bond motifs is 2. The Morgan fingerprint density at radius 2 is 2.00 bits per heavy atom. The van der Waals surface area contributed by atoms with Crippen LogP contribution in [0.2, 0.25) is 0 Å². The Morgan fingerprint density at radius 3 is 2.62 bits per heavy atom. The van der Waals surface area contributed by atoms with E-state index >= 15 is 0 Å². The van der Waals surface area contributed by atoms with Crippen LogP contribution < -0.4 is 0 Å². The predicted octanol–water partition coefficient (Wildman–Crippen LogP) is 1.54. The zero-order chi connectivity index (χ0) is 15.1. The fourth-order valence-electron chi connectivity index (χ4n) is 4.03. The number of esters is 1. The number of carbonyl (C=O) groups excluding carboxylic acids is 1. The molecule has 2 bridgehead atoms. The normalized spacial score (nSPS) is 35.7. The van der Waals surface area contributed by atoms with Crippen molar-refractivity contribution in [2.24, 2.45) is 5.92 Å². The number of hydrogen-bond donors (Lipinski definition) is 1. The summed E-state index contributed by atoms with van der Waals surface area (Å²) in [7, 11) is 3.32. The minimum absolute atomic E-state index is 0.0404. The van der Waals surface area contributed by atoms with Crippen LogP contribution in [0.25, 0.3) is 0 Å². The molecule has 1 N–H and O–H groups in total. The van der Waals surface area contributed by atoms with Crippen molar-refractivity contribution in [3.05, 3.63) is 35.6 Å². The van der Waals surface area contributed by atoms with Crippen LogP contribution >= 0.6 is 0 Å². The Morgan fingerprint density at radius 1 is 1.33 bits per heavy atom. The molecule has 0 amide bonds. The summed E-state index contributed by atoms with van der Waals surface area (Å²) in [6.45, 7) is 0. The molecule has 1 aromatic rings. The largest absolute Gasteiger partial charge is 0.469 e. The van der Waals surface area contributed by atoms with E-state index in [0.29, 0.717) is 6.42 Å². The second-order valence-electron chi connectivity index (χ2n) is 6.06. The van der Waals surface area contributed by atoms with E-state index in [0.717, 1.165) is 12.0 Å². The van der Waals surface area contributed by atoms with Gasteiger partial charge in [-0.15, -0.1) is 0 Å². The van der Waals surface area contributed by atoms with Gasteiger partial charge in [0.1, 0.15) is 5.82 Å². The molecule has 2 fully saturated rings. The van der Waals surface area contributed by atoms with Crippen LogP contribution in [0.15, 0.2) is 24.3 Å². The summed E-state index contributed by atoms with van der Waals surface area (Å²) < 4.78 is 18.1. The lowest BCUT2D eigenvalue weighted by molar-refractivity contribution is -0.151. The molecule has 5 heteroatoms. The van der Waals surface area contributed by atoms with Crippen molar-refractivity contribution in [3.8, 4) is 0 Å². The zero-order valence-corrected chi connectivity index (χ0v) is 12.2. The lowest BCUT2D eigenvalue weighted by Crippen LogP contribution is -2.51. The standard InChI is InChI=1S/C16H20FNO3/c1-18-11-7-12(9-3-5-10(17)6-4-9)14(16(20)21-2)15(18)13(19)8-11/h3-6,11-15,19H,7-8H2,1-2H3/t11?,12-,13+,14-,15?/m0/s1. The Hall–Kier alpha value is -1.46. The van der Waals surface area contributed by atoms with Gasteiger partial charge in [-0.2, -0.15) is 0 Å². The van der Waals surface area contributed by atoms with Crippen molar-refractivity contribution in [1.82, 2.24) is 4.90 Å². The van der Waals surface area contributed by atoms with Gasteiger partial charge in [-0.1, -0.05) is 12.1 Å². The van der Waals surface area contributed by atoms with Crippen molar-refractivity contribution >= 4 is 5.97 Å². The lowest BCUT2D eigenvalue weighted by atomic mass is 9.76. The highest BCUT2D eigenvalue weighted by molar-refractivity contribution is 5.75. The first-order valence-corrected chi connectivity index (χ1v) is 7.26. The fraction of sp³-hybridized carbons (Fsp3) is 0.562. The summed E-state index contributed by atoms with van der Waals surface area (Å²) in [5, 5.41) is 10.3. The van der Waals surface area contributed by atoms with Gasteiger partial charge in [-0.05, 0) is 37.6 Å². The molecule has 2 heterocycles. The summed E-state index contributed by atoms with van der Waals surface area (Å²) >= 11 is 0. The number of halogens is 1. The quantitative estimate of drug-likeness (QED) is 0.840. The van der Waals surface area contributed by atoms with Crippen molar-refractivity contribution in [2.45, 2.75) is 36.9 Å². The Kier molecular flexibility index (Phi) is 3.71. The smallest absolute Gasteiger partial charge is 0.310 e. The Labute approximate surface area is 123 Å². The van der Waals surface area contributed by atoms with Gasteiger partial charge in [0, 0.05) is 18.0 Å². The zero-order valence-electron chi connectivity index (χ0n) is 12.2. The van der Waals surface area contributed by atoms with Crippen LogP contribution in [0.4, 0.5) is 4.39 Å². The highest BCUT2D eigenvalue weighted by atomic mass is 19.1. The van der Waals surface area contributed by atoms with Crippen LogP contribution in [0.1, 0.15) is 24.3 Å². The molecule has 2 aliphatic heterocycles. The van der Waals surface area contributed by atoms with Crippen molar-refractivity contribution in [3.63, 3.8) is 0 Å². The number of aliphatic hydroxyl groups is 1. The molecule has 0 radical (unpaired) electrons. The summed E-state index contributed by atoms with van der Waals surface area (Å²) in [4.78, 5) is 14.4. The van der Waals surface area contributed by atoms with E-state index in [1.54, 1.807) is 12.1 Å². The second kappa shape index (κ2) is 5.39. The number of nitrogens with zero attached hydrogens (tertiary/aromatic N) is 1. The van der Waals surface area contributed by atoms with Gasteiger partial charge < -0.3 is 9.84 Å². The van der Waals surface area contributed by atoms with Crippen molar-refractivity contribution < 1.29 is 19.0 Å².